The number of nitrogens with zero attached hydrogens (tertiary/aromatic N) is 2. The van der Waals surface area contributed by atoms with Crippen molar-refractivity contribution >= 4 is 39.8 Å². The first-order valence-electron chi connectivity index (χ1n) is 9.48. The van der Waals surface area contributed by atoms with Gasteiger partial charge in [0, 0.05) is 31.0 Å². The van der Waals surface area contributed by atoms with E-state index in [0.717, 1.165) is 18.3 Å². The molecule has 1 saturated heterocycles. The number of aromatic nitrogens is 1. The lowest BCUT2D eigenvalue weighted by molar-refractivity contribution is 0.101. The number of nitrogens with one attached hydrogen (secondary N) is 3. The van der Waals surface area contributed by atoms with Gasteiger partial charge in [0.1, 0.15) is 16.4 Å². The molecular weight excluding hydrogens is 464 g/mol. The quantitative estimate of drug-likeness (QED) is 0.436. The molecule has 0 bridgehead atoms. The summed E-state index contributed by atoms with van der Waals surface area (Å²) in [7, 11) is -1.92. The third-order valence-electron chi connectivity index (χ3n) is 5.50. The lowest BCUT2D eigenvalue weighted by Crippen LogP contribution is -2.51. The number of carbonyl (C=O) groups excluding carboxylic acids is 1. The van der Waals surface area contributed by atoms with Crippen LogP contribution in [-0.2, 0) is 5.54 Å². The van der Waals surface area contributed by atoms with Crippen LogP contribution in [0.4, 0.5) is 14.5 Å². The van der Waals surface area contributed by atoms with Crippen LogP contribution in [0.3, 0.4) is 0 Å². The Bertz CT molecular complexity index is 1100. The Kier molecular flexibility index (Phi) is 6.26. The van der Waals surface area contributed by atoms with E-state index >= 15 is 0 Å². The molecule has 1 fully saturated rings. The summed E-state index contributed by atoms with van der Waals surface area (Å²) in [5, 5.41) is 13.8. The van der Waals surface area contributed by atoms with Gasteiger partial charge >= 0.3 is 0 Å². The average Bonchev–Trinajstić information content (AvgIpc) is 2.72. The fourth-order valence-corrected chi connectivity index (χ4v) is 5.17. The molecule has 0 saturated carbocycles. The number of likely N-dealkylation sites (N-methyl/N-ethyl adjacent to an activating group) is 1. The largest absolute Gasteiger partial charge is 0.361 e. The Morgan fingerprint density at radius 1 is 1.28 bits per heavy atom. The molecule has 0 unspecified atom stereocenters. The first-order valence-corrected chi connectivity index (χ1v) is 11.4. The lowest BCUT2D eigenvalue weighted by atomic mass is 9.90. The van der Waals surface area contributed by atoms with E-state index in [4.69, 9.17) is 17.0 Å². The SMILES string of the molecule is CN1C[C@@](C)(c2cc(NC(=O)c3ncc(Cl)cc3F)ccc2F)NC(=N)C(C)(C)S1(O)O. The summed E-state index contributed by atoms with van der Waals surface area (Å²) in [4.78, 5) is 16.1. The summed E-state index contributed by atoms with van der Waals surface area (Å²) in [6.45, 7) is 4.59. The Morgan fingerprint density at radius 2 is 1.94 bits per heavy atom. The molecule has 0 spiro atoms. The summed E-state index contributed by atoms with van der Waals surface area (Å²) in [6, 6.07) is 4.73. The second-order valence-electron chi connectivity index (χ2n) is 8.28. The predicted molar refractivity (Wildman–Crippen MR) is 121 cm³/mol. The molecule has 1 atom stereocenters. The molecule has 12 heteroatoms. The van der Waals surface area contributed by atoms with Crippen LogP contribution in [0.5, 0.6) is 0 Å². The van der Waals surface area contributed by atoms with E-state index in [1.54, 1.807) is 6.92 Å². The Hall–Kier alpha value is -2.31. The van der Waals surface area contributed by atoms with Gasteiger partial charge in [0.25, 0.3) is 5.91 Å². The number of carbonyl (C=O) groups is 1. The number of hydrogen-bond donors (Lipinski definition) is 5. The monoisotopic (exact) mass is 487 g/mol. The molecule has 174 valence electrons. The zero-order valence-corrected chi connectivity index (χ0v) is 19.4. The minimum atomic E-state index is -3.40. The normalized spacial score (nSPS) is 23.7. The topological polar surface area (TPSA) is 122 Å². The third kappa shape index (κ3) is 4.18. The second kappa shape index (κ2) is 8.23. The lowest BCUT2D eigenvalue weighted by Gasteiger charge is -2.49. The van der Waals surface area contributed by atoms with Crippen molar-refractivity contribution in [2.75, 3.05) is 18.9 Å². The van der Waals surface area contributed by atoms with Gasteiger partial charge < -0.3 is 10.6 Å². The number of benzene rings is 1. The molecule has 1 aromatic carbocycles. The van der Waals surface area contributed by atoms with Crippen molar-refractivity contribution in [2.45, 2.75) is 31.1 Å². The summed E-state index contributed by atoms with van der Waals surface area (Å²) in [6.07, 6.45) is 1.13. The summed E-state index contributed by atoms with van der Waals surface area (Å²) in [5.41, 5.74) is -1.49. The van der Waals surface area contributed by atoms with Crippen LogP contribution >= 0.6 is 22.4 Å². The van der Waals surface area contributed by atoms with E-state index in [9.17, 15) is 22.7 Å². The Morgan fingerprint density at radius 3 is 2.56 bits per heavy atom. The van der Waals surface area contributed by atoms with Crippen molar-refractivity contribution < 1.29 is 22.7 Å². The molecule has 5 N–H and O–H groups in total. The maximum Gasteiger partial charge on any atom is 0.277 e. The van der Waals surface area contributed by atoms with E-state index in [0.29, 0.717) is 0 Å². The second-order valence-corrected chi connectivity index (χ2v) is 11.4. The van der Waals surface area contributed by atoms with Crippen LogP contribution in [0.25, 0.3) is 0 Å². The van der Waals surface area contributed by atoms with Crippen molar-refractivity contribution in [3.05, 3.63) is 58.4 Å². The van der Waals surface area contributed by atoms with Gasteiger partial charge in [0.05, 0.1) is 10.6 Å². The summed E-state index contributed by atoms with van der Waals surface area (Å²) < 4.78 is 50.3. The molecular formula is C20H24ClF2N5O3S. The highest BCUT2D eigenvalue weighted by molar-refractivity contribution is 8.24. The summed E-state index contributed by atoms with van der Waals surface area (Å²) >= 11 is 5.66. The molecule has 1 amide bonds. The van der Waals surface area contributed by atoms with Crippen molar-refractivity contribution in [2.24, 2.45) is 0 Å². The molecule has 32 heavy (non-hydrogen) atoms. The van der Waals surface area contributed by atoms with E-state index in [1.165, 1.54) is 37.3 Å². The molecule has 1 aliphatic heterocycles. The van der Waals surface area contributed by atoms with E-state index in [-0.39, 0.29) is 28.7 Å². The van der Waals surface area contributed by atoms with Crippen LogP contribution in [0.1, 0.15) is 36.8 Å². The van der Waals surface area contributed by atoms with E-state index in [2.05, 4.69) is 15.6 Å². The fraction of sp³-hybridized carbons (Fsp3) is 0.350. The van der Waals surface area contributed by atoms with Crippen LogP contribution in [0.15, 0.2) is 30.5 Å². The van der Waals surface area contributed by atoms with Crippen LogP contribution in [-0.4, -0.2) is 48.5 Å². The standard InChI is InChI=1S/C20H24ClF2N5O3S/c1-19(2)18(24)27-20(3,10-28(4)32(19,30)31)13-8-12(5-6-14(13)22)26-17(29)16-15(23)7-11(21)9-25-16/h5-9,30-31H,10H2,1-4H3,(H2,24,27)(H,26,29)/t20-/m0/s1. The number of amidine groups is 1. The van der Waals surface area contributed by atoms with Gasteiger partial charge in [-0.1, -0.05) is 11.6 Å². The van der Waals surface area contributed by atoms with Crippen molar-refractivity contribution in [3.8, 4) is 0 Å². The maximum absolute atomic E-state index is 14.9. The van der Waals surface area contributed by atoms with Crippen molar-refractivity contribution in [3.63, 3.8) is 0 Å². The van der Waals surface area contributed by atoms with Gasteiger partial charge in [0.2, 0.25) is 0 Å². The molecule has 2 heterocycles. The first kappa shape index (κ1) is 24.3. The zero-order valence-electron chi connectivity index (χ0n) is 17.8. The maximum atomic E-state index is 14.9. The van der Waals surface area contributed by atoms with Crippen LogP contribution in [0, 0.1) is 17.0 Å². The molecule has 3 rings (SSSR count). The van der Waals surface area contributed by atoms with Gasteiger partial charge in [-0.15, -0.1) is 10.8 Å². The zero-order chi connectivity index (χ0) is 24.1. The van der Waals surface area contributed by atoms with Gasteiger partial charge in [-0.2, -0.15) is 0 Å². The molecule has 1 aromatic heterocycles. The summed E-state index contributed by atoms with van der Waals surface area (Å²) in [5.74, 6) is -2.56. The number of rotatable bonds is 3. The van der Waals surface area contributed by atoms with Gasteiger partial charge in [-0.25, -0.2) is 18.1 Å². The highest BCUT2D eigenvalue weighted by Gasteiger charge is 2.49. The van der Waals surface area contributed by atoms with Gasteiger partial charge in [-0.05, 0) is 45.0 Å². The number of anilines is 1. The number of halogens is 3. The Labute approximate surface area is 191 Å². The predicted octanol–water partition coefficient (Wildman–Crippen LogP) is 4.44. The highest BCUT2D eigenvalue weighted by Crippen LogP contribution is 2.57. The highest BCUT2D eigenvalue weighted by atomic mass is 35.5. The van der Waals surface area contributed by atoms with Crippen LogP contribution < -0.4 is 10.6 Å². The van der Waals surface area contributed by atoms with Crippen molar-refractivity contribution in [1.29, 1.82) is 5.41 Å². The first-order chi connectivity index (χ1) is 14.7. The van der Waals surface area contributed by atoms with Gasteiger partial charge in [0.15, 0.2) is 11.5 Å². The smallest absolute Gasteiger partial charge is 0.277 e. The van der Waals surface area contributed by atoms with Gasteiger partial charge in [-0.3, -0.25) is 19.3 Å². The fourth-order valence-electron chi connectivity index (χ4n) is 3.48. The minimum Gasteiger partial charge on any atom is -0.361 e. The number of hydrogen-bond acceptors (Lipinski definition) is 6. The molecule has 0 radical (unpaired) electrons. The van der Waals surface area contributed by atoms with E-state index in [1.807, 2.05) is 0 Å². The van der Waals surface area contributed by atoms with Crippen LogP contribution in [0.2, 0.25) is 5.02 Å². The third-order valence-corrected chi connectivity index (χ3v) is 8.28. The van der Waals surface area contributed by atoms with E-state index < -0.39 is 44.3 Å². The Balaban J connectivity index is 1.97. The van der Waals surface area contributed by atoms with Crippen molar-refractivity contribution in [1.82, 2.24) is 14.6 Å². The molecule has 2 aromatic rings. The number of amides is 1. The minimum absolute atomic E-state index is 0.0379. The molecule has 8 nitrogen and oxygen atoms in total. The average molecular weight is 488 g/mol. The number of pyridine rings is 1. The molecule has 1 aliphatic rings. The molecule has 0 aliphatic carbocycles.